The van der Waals surface area contributed by atoms with Crippen molar-refractivity contribution in [3.8, 4) is 0 Å². The van der Waals surface area contributed by atoms with Crippen LogP contribution in [0.25, 0.3) is 10.9 Å². The molecule has 3 aromatic carbocycles. The third-order valence-electron chi connectivity index (χ3n) is 6.26. The van der Waals surface area contributed by atoms with Crippen molar-refractivity contribution in [1.29, 1.82) is 0 Å². The third-order valence-corrected chi connectivity index (χ3v) is 6.26. The standard InChI is InChI=1S/C29H31N3O2/c1-3-20(2)31-28(33)26(18-23-19-30-25-17-11-10-16-24(23)25)32-29(34)27(21-12-6-4-7-13-21)22-14-8-5-9-15-22/h4-17,19-20,26-27,30H,3,18H2,1-2H3,(H,31,33)(H,32,34)/t20-,26+/m1/s1. The topological polar surface area (TPSA) is 74.0 Å². The first-order valence-corrected chi connectivity index (χ1v) is 11.8. The number of hydrogen-bond acceptors (Lipinski definition) is 2. The van der Waals surface area contributed by atoms with Gasteiger partial charge in [-0.3, -0.25) is 9.59 Å². The van der Waals surface area contributed by atoms with Gasteiger partial charge in [-0.05, 0) is 36.1 Å². The Hall–Kier alpha value is -3.86. The summed E-state index contributed by atoms with van der Waals surface area (Å²) < 4.78 is 0. The molecule has 0 saturated carbocycles. The normalized spacial score (nSPS) is 12.9. The fourth-order valence-electron chi connectivity index (χ4n) is 4.22. The lowest BCUT2D eigenvalue weighted by molar-refractivity contribution is -0.129. The molecule has 0 fully saturated rings. The molecule has 1 heterocycles. The summed E-state index contributed by atoms with van der Waals surface area (Å²) in [6.45, 7) is 4.00. The molecule has 2 atom stereocenters. The van der Waals surface area contributed by atoms with Crippen molar-refractivity contribution in [2.45, 2.75) is 44.7 Å². The molecule has 0 radical (unpaired) electrons. The zero-order valence-corrected chi connectivity index (χ0v) is 19.6. The number of H-pyrrole nitrogens is 1. The van der Waals surface area contributed by atoms with Crippen molar-refractivity contribution in [2.75, 3.05) is 0 Å². The lowest BCUT2D eigenvalue weighted by Gasteiger charge is -2.24. The van der Waals surface area contributed by atoms with Crippen molar-refractivity contribution < 1.29 is 9.59 Å². The minimum absolute atomic E-state index is 0.0221. The third kappa shape index (κ3) is 5.37. The van der Waals surface area contributed by atoms with Crippen LogP contribution >= 0.6 is 0 Å². The smallest absolute Gasteiger partial charge is 0.243 e. The maximum absolute atomic E-state index is 13.7. The lowest BCUT2D eigenvalue weighted by Crippen LogP contribution is -2.51. The Kier molecular flexibility index (Phi) is 7.43. The van der Waals surface area contributed by atoms with E-state index in [0.29, 0.717) is 6.42 Å². The molecule has 5 nitrogen and oxygen atoms in total. The zero-order chi connectivity index (χ0) is 23.9. The molecule has 4 rings (SSSR count). The summed E-state index contributed by atoms with van der Waals surface area (Å²) in [4.78, 5) is 30.2. The fraction of sp³-hybridized carbons (Fsp3) is 0.241. The summed E-state index contributed by atoms with van der Waals surface area (Å²) in [5.74, 6) is -0.876. The van der Waals surface area contributed by atoms with Crippen molar-refractivity contribution in [1.82, 2.24) is 15.6 Å². The molecule has 0 spiro atoms. The van der Waals surface area contributed by atoms with E-state index >= 15 is 0 Å². The predicted octanol–water partition coefficient (Wildman–Crippen LogP) is 4.94. The van der Waals surface area contributed by atoms with Gasteiger partial charge in [0.15, 0.2) is 0 Å². The number of benzene rings is 3. The van der Waals surface area contributed by atoms with Crippen LogP contribution in [-0.4, -0.2) is 28.9 Å². The molecule has 3 N–H and O–H groups in total. The Labute approximate surface area is 200 Å². The molecule has 0 aliphatic carbocycles. The Morgan fingerprint density at radius 3 is 2.00 bits per heavy atom. The Morgan fingerprint density at radius 1 is 0.794 bits per heavy atom. The van der Waals surface area contributed by atoms with Crippen LogP contribution in [-0.2, 0) is 16.0 Å². The van der Waals surface area contributed by atoms with Gasteiger partial charge in [0.1, 0.15) is 6.04 Å². The number of rotatable bonds is 9. The van der Waals surface area contributed by atoms with E-state index in [0.717, 1.165) is 34.0 Å². The van der Waals surface area contributed by atoms with Gasteiger partial charge in [-0.2, -0.15) is 0 Å². The number of nitrogens with one attached hydrogen (secondary N) is 3. The van der Waals surface area contributed by atoms with Gasteiger partial charge in [0.05, 0.1) is 5.92 Å². The number of fused-ring (bicyclic) bond motifs is 1. The molecule has 2 amide bonds. The molecule has 5 heteroatoms. The first-order chi connectivity index (χ1) is 16.6. The molecular weight excluding hydrogens is 422 g/mol. The van der Waals surface area contributed by atoms with Crippen LogP contribution in [0.15, 0.2) is 91.1 Å². The van der Waals surface area contributed by atoms with E-state index in [1.165, 1.54) is 0 Å². The predicted molar refractivity (Wildman–Crippen MR) is 137 cm³/mol. The van der Waals surface area contributed by atoms with Gasteiger partial charge in [-0.15, -0.1) is 0 Å². The van der Waals surface area contributed by atoms with Crippen molar-refractivity contribution in [3.05, 3.63) is 108 Å². The lowest BCUT2D eigenvalue weighted by atomic mass is 9.90. The fourth-order valence-corrected chi connectivity index (χ4v) is 4.22. The highest BCUT2D eigenvalue weighted by atomic mass is 16.2. The first-order valence-electron chi connectivity index (χ1n) is 11.8. The van der Waals surface area contributed by atoms with Gasteiger partial charge in [0.25, 0.3) is 0 Å². The molecule has 174 valence electrons. The van der Waals surface area contributed by atoms with Gasteiger partial charge in [-0.25, -0.2) is 0 Å². The highest BCUT2D eigenvalue weighted by Gasteiger charge is 2.29. The number of amides is 2. The Balaban J connectivity index is 1.64. The number of aromatic amines is 1. The summed E-state index contributed by atoms with van der Waals surface area (Å²) >= 11 is 0. The van der Waals surface area contributed by atoms with Gasteiger partial charge in [0, 0.05) is 29.6 Å². The van der Waals surface area contributed by atoms with Gasteiger partial charge < -0.3 is 15.6 Å². The van der Waals surface area contributed by atoms with E-state index in [1.807, 2.05) is 105 Å². The van der Waals surface area contributed by atoms with Crippen LogP contribution < -0.4 is 10.6 Å². The highest BCUT2D eigenvalue weighted by molar-refractivity contribution is 5.93. The van der Waals surface area contributed by atoms with E-state index in [1.54, 1.807) is 0 Å². The summed E-state index contributed by atoms with van der Waals surface area (Å²) in [6, 6.07) is 26.7. The molecule has 0 bridgehead atoms. The number of aromatic nitrogens is 1. The summed E-state index contributed by atoms with van der Waals surface area (Å²) in [6.07, 6.45) is 3.14. The Morgan fingerprint density at radius 2 is 1.38 bits per heavy atom. The minimum Gasteiger partial charge on any atom is -0.361 e. The number of hydrogen-bond donors (Lipinski definition) is 3. The van der Waals surface area contributed by atoms with Crippen LogP contribution in [0.1, 0.15) is 42.9 Å². The second-order valence-electron chi connectivity index (χ2n) is 8.70. The summed E-state index contributed by atoms with van der Waals surface area (Å²) in [5.41, 5.74) is 3.78. The average Bonchev–Trinajstić information content (AvgIpc) is 3.28. The number of carbonyl (C=O) groups is 2. The monoisotopic (exact) mass is 453 g/mol. The number of carbonyl (C=O) groups excluding carboxylic acids is 2. The quantitative estimate of drug-likeness (QED) is 0.336. The van der Waals surface area contributed by atoms with E-state index < -0.39 is 12.0 Å². The average molecular weight is 454 g/mol. The maximum atomic E-state index is 13.7. The first kappa shape index (κ1) is 23.3. The number of para-hydroxylation sites is 1. The van der Waals surface area contributed by atoms with Crippen LogP contribution in [0.4, 0.5) is 0 Å². The van der Waals surface area contributed by atoms with E-state index in [-0.39, 0.29) is 17.9 Å². The van der Waals surface area contributed by atoms with Crippen LogP contribution in [0, 0.1) is 0 Å². The minimum atomic E-state index is -0.698. The van der Waals surface area contributed by atoms with E-state index in [4.69, 9.17) is 0 Å². The van der Waals surface area contributed by atoms with Crippen LogP contribution in [0.2, 0.25) is 0 Å². The van der Waals surface area contributed by atoms with Gasteiger partial charge in [-0.1, -0.05) is 85.8 Å². The second-order valence-corrected chi connectivity index (χ2v) is 8.70. The molecule has 0 saturated heterocycles. The van der Waals surface area contributed by atoms with Crippen LogP contribution in [0.3, 0.4) is 0 Å². The zero-order valence-electron chi connectivity index (χ0n) is 19.6. The summed E-state index contributed by atoms with van der Waals surface area (Å²) in [5, 5.41) is 7.19. The molecular formula is C29H31N3O2. The van der Waals surface area contributed by atoms with Gasteiger partial charge in [0.2, 0.25) is 11.8 Å². The molecule has 1 aromatic heterocycles. The molecule has 0 aliphatic rings. The molecule has 0 aliphatic heterocycles. The van der Waals surface area contributed by atoms with E-state index in [9.17, 15) is 9.59 Å². The largest absolute Gasteiger partial charge is 0.361 e. The molecule has 4 aromatic rings. The highest BCUT2D eigenvalue weighted by Crippen LogP contribution is 2.25. The summed E-state index contributed by atoms with van der Waals surface area (Å²) in [7, 11) is 0. The van der Waals surface area contributed by atoms with Crippen molar-refractivity contribution >= 4 is 22.7 Å². The van der Waals surface area contributed by atoms with E-state index in [2.05, 4.69) is 15.6 Å². The molecule has 34 heavy (non-hydrogen) atoms. The Bertz CT molecular complexity index is 1190. The second kappa shape index (κ2) is 10.8. The molecule has 0 unspecified atom stereocenters. The van der Waals surface area contributed by atoms with Crippen LogP contribution in [0.5, 0.6) is 0 Å². The van der Waals surface area contributed by atoms with Gasteiger partial charge >= 0.3 is 0 Å². The van der Waals surface area contributed by atoms with Crippen molar-refractivity contribution in [3.63, 3.8) is 0 Å². The SMILES string of the molecule is CC[C@@H](C)NC(=O)[C@H](Cc1c[nH]c2ccccc12)NC(=O)C(c1ccccc1)c1ccccc1. The van der Waals surface area contributed by atoms with Crippen molar-refractivity contribution in [2.24, 2.45) is 0 Å². The maximum Gasteiger partial charge on any atom is 0.243 e.